The molecule has 0 N–H and O–H groups in total. The van der Waals surface area contributed by atoms with Crippen LogP contribution in [0.15, 0.2) is 5.51 Å². The van der Waals surface area contributed by atoms with Crippen LogP contribution in [0.5, 0.6) is 0 Å². The molecule has 0 aliphatic heterocycles. The lowest BCUT2D eigenvalue weighted by Crippen LogP contribution is -2.30. The quantitative estimate of drug-likeness (QED) is 0.477. The minimum absolute atomic E-state index is 0.000518. The molecular weight excluding hydrogens is 365 g/mol. The normalized spacial score (nSPS) is 11.7. The van der Waals surface area contributed by atoms with Gasteiger partial charge in [0.05, 0.1) is 11.9 Å². The van der Waals surface area contributed by atoms with Crippen molar-refractivity contribution >= 4 is 55.4 Å². The molecule has 1 heterocycles. The summed E-state index contributed by atoms with van der Waals surface area (Å²) < 4.78 is 35.8. The third kappa shape index (κ3) is 7.12. The van der Waals surface area contributed by atoms with Crippen molar-refractivity contribution in [1.82, 2.24) is 4.98 Å². The third-order valence-electron chi connectivity index (χ3n) is 2.32. The molecule has 0 saturated heterocycles. The van der Waals surface area contributed by atoms with Crippen molar-refractivity contribution in [3.05, 3.63) is 10.7 Å². The topological polar surface area (TPSA) is 33.2 Å². The van der Waals surface area contributed by atoms with E-state index in [4.69, 9.17) is 11.6 Å². The molecule has 3 nitrogen and oxygen atoms in total. The molecular formula is C11H14ClF3N2OS3. The van der Waals surface area contributed by atoms with E-state index in [0.717, 1.165) is 10.8 Å². The molecule has 0 spiro atoms. The second-order valence-corrected chi connectivity index (χ2v) is 7.74. The van der Waals surface area contributed by atoms with Gasteiger partial charge in [-0.15, -0.1) is 11.3 Å². The molecule has 1 aromatic heterocycles. The molecule has 1 rings (SSSR count). The predicted molar refractivity (Wildman–Crippen MR) is 85.4 cm³/mol. The summed E-state index contributed by atoms with van der Waals surface area (Å²) in [5.74, 6) is 0.363. The average Bonchev–Trinajstić information content (AvgIpc) is 2.80. The lowest BCUT2D eigenvalue weighted by Gasteiger charge is -2.18. The van der Waals surface area contributed by atoms with E-state index < -0.39 is 12.6 Å². The summed E-state index contributed by atoms with van der Waals surface area (Å²) in [6.45, 7) is 2.31. The summed E-state index contributed by atoms with van der Waals surface area (Å²) in [5, 5.41) is 0.904. The highest BCUT2D eigenvalue weighted by Crippen LogP contribution is 2.31. The van der Waals surface area contributed by atoms with Crippen molar-refractivity contribution in [3.8, 4) is 0 Å². The number of aromatic nitrogens is 1. The lowest BCUT2D eigenvalue weighted by molar-refractivity contribution is -0.129. The maximum atomic E-state index is 12.1. The van der Waals surface area contributed by atoms with Crippen LogP contribution in [0.4, 0.5) is 18.2 Å². The Morgan fingerprint density at radius 2 is 2.10 bits per heavy atom. The number of carbonyl (C=O) groups excluding carboxylic acids is 1. The summed E-state index contributed by atoms with van der Waals surface area (Å²) in [7, 11) is 2.41. The maximum absolute atomic E-state index is 12.1. The summed E-state index contributed by atoms with van der Waals surface area (Å²) in [6, 6.07) is 0. The van der Waals surface area contributed by atoms with E-state index in [1.54, 1.807) is 10.4 Å². The first-order chi connectivity index (χ1) is 9.85. The van der Waals surface area contributed by atoms with Crippen LogP contribution in [0, 0.1) is 0 Å². The van der Waals surface area contributed by atoms with Gasteiger partial charge in [-0.2, -0.15) is 13.2 Å². The van der Waals surface area contributed by atoms with Crippen LogP contribution in [0.1, 0.15) is 19.8 Å². The molecule has 0 aromatic carbocycles. The number of hydrogen-bond acceptors (Lipinski definition) is 5. The first-order valence-corrected chi connectivity index (χ1v) is 9.80. The van der Waals surface area contributed by atoms with Gasteiger partial charge in [-0.25, -0.2) is 4.98 Å². The second-order valence-electron chi connectivity index (χ2n) is 3.85. The predicted octanol–water partition coefficient (Wildman–Crippen LogP) is 4.87. The van der Waals surface area contributed by atoms with Crippen molar-refractivity contribution in [2.75, 3.05) is 23.0 Å². The van der Waals surface area contributed by atoms with E-state index >= 15 is 0 Å². The third-order valence-corrected chi connectivity index (χ3v) is 5.97. The van der Waals surface area contributed by atoms with Gasteiger partial charge < -0.3 is 4.90 Å². The number of anilines is 1. The molecule has 10 heteroatoms. The van der Waals surface area contributed by atoms with E-state index in [1.807, 2.05) is 6.92 Å². The van der Waals surface area contributed by atoms with E-state index in [1.165, 1.54) is 22.1 Å². The van der Waals surface area contributed by atoms with Crippen molar-refractivity contribution in [3.63, 3.8) is 0 Å². The molecule has 0 aliphatic rings. The largest absolute Gasteiger partial charge is 0.389 e. The highest BCUT2D eigenvalue weighted by atomic mass is 35.5. The molecule has 0 fully saturated rings. The Bertz CT molecular complexity index is 456. The molecule has 21 heavy (non-hydrogen) atoms. The van der Waals surface area contributed by atoms with Gasteiger partial charge in [0.25, 0.3) is 0 Å². The van der Waals surface area contributed by atoms with Gasteiger partial charge in [0.15, 0.2) is 5.15 Å². The first kappa shape index (κ1) is 18.9. The fourth-order valence-corrected chi connectivity index (χ4v) is 4.50. The van der Waals surface area contributed by atoms with Crippen LogP contribution in [0.3, 0.4) is 0 Å². The fraction of sp³-hybridized carbons (Fsp3) is 0.636. The van der Waals surface area contributed by atoms with Gasteiger partial charge in [-0.05, 0) is 6.92 Å². The standard InChI is InChI=1S/C11H14ClF3N2OS3/c1-2-17(10-9(12)16-7-19-10)8(18)3-5-20-21-6-4-11(13,14)15/h7H,2-6H2,1H3. The van der Waals surface area contributed by atoms with Crippen LogP contribution >= 0.6 is 44.5 Å². The van der Waals surface area contributed by atoms with E-state index in [9.17, 15) is 18.0 Å². The van der Waals surface area contributed by atoms with E-state index in [-0.39, 0.29) is 18.1 Å². The molecule has 0 unspecified atom stereocenters. The highest BCUT2D eigenvalue weighted by molar-refractivity contribution is 8.76. The Balaban J connectivity index is 2.28. The molecule has 0 bridgehead atoms. The van der Waals surface area contributed by atoms with Gasteiger partial charge in [0.1, 0.15) is 5.00 Å². The van der Waals surface area contributed by atoms with Crippen LogP contribution in [-0.2, 0) is 4.79 Å². The minimum atomic E-state index is -4.12. The summed E-state index contributed by atoms with van der Waals surface area (Å²) in [5.41, 5.74) is 1.56. The number of rotatable bonds is 8. The number of halogens is 4. The first-order valence-electron chi connectivity index (χ1n) is 6.05. The van der Waals surface area contributed by atoms with Gasteiger partial charge in [0.2, 0.25) is 5.91 Å². The number of carbonyl (C=O) groups is 1. The van der Waals surface area contributed by atoms with Crippen LogP contribution < -0.4 is 4.90 Å². The number of alkyl halides is 3. The van der Waals surface area contributed by atoms with E-state index in [2.05, 4.69) is 4.98 Å². The van der Waals surface area contributed by atoms with Crippen molar-refractivity contribution in [1.29, 1.82) is 0 Å². The summed E-state index contributed by atoms with van der Waals surface area (Å²) in [6.07, 6.45) is -4.67. The zero-order chi connectivity index (χ0) is 15.9. The number of nitrogens with zero attached hydrogens (tertiary/aromatic N) is 2. The number of hydrogen-bond donors (Lipinski definition) is 0. The van der Waals surface area contributed by atoms with Gasteiger partial charge in [-0.3, -0.25) is 4.79 Å². The van der Waals surface area contributed by atoms with Crippen LogP contribution in [-0.4, -0.2) is 35.1 Å². The monoisotopic (exact) mass is 378 g/mol. The number of amides is 1. The Labute approximate surface area is 138 Å². The fourth-order valence-electron chi connectivity index (χ4n) is 1.37. The smallest absolute Gasteiger partial charge is 0.301 e. The maximum Gasteiger partial charge on any atom is 0.389 e. The van der Waals surface area contributed by atoms with Crippen molar-refractivity contribution < 1.29 is 18.0 Å². The van der Waals surface area contributed by atoms with Crippen molar-refractivity contribution in [2.45, 2.75) is 25.9 Å². The Morgan fingerprint density at radius 1 is 1.43 bits per heavy atom. The highest BCUT2D eigenvalue weighted by Gasteiger charge is 2.26. The Hall–Kier alpha value is -0.120. The lowest BCUT2D eigenvalue weighted by atomic mass is 10.4. The summed E-state index contributed by atoms with van der Waals surface area (Å²) >= 11 is 7.18. The van der Waals surface area contributed by atoms with Gasteiger partial charge in [0, 0.05) is 24.5 Å². The van der Waals surface area contributed by atoms with Crippen LogP contribution in [0.2, 0.25) is 5.15 Å². The van der Waals surface area contributed by atoms with Gasteiger partial charge in [-0.1, -0.05) is 33.2 Å². The zero-order valence-corrected chi connectivity index (χ0v) is 14.4. The Kier molecular flexibility index (Phi) is 8.22. The molecule has 1 aromatic rings. The molecule has 0 atom stereocenters. The SMILES string of the molecule is CCN(C(=O)CCSSCCC(F)(F)F)c1scnc1Cl. The minimum Gasteiger partial charge on any atom is -0.301 e. The number of thiazole rings is 1. The zero-order valence-electron chi connectivity index (χ0n) is 11.2. The second kappa shape index (κ2) is 9.12. The van der Waals surface area contributed by atoms with Crippen molar-refractivity contribution in [2.24, 2.45) is 0 Å². The Morgan fingerprint density at radius 3 is 2.62 bits per heavy atom. The molecule has 120 valence electrons. The molecule has 0 radical (unpaired) electrons. The average molecular weight is 379 g/mol. The molecule has 1 amide bonds. The van der Waals surface area contributed by atoms with E-state index in [0.29, 0.717) is 22.5 Å². The van der Waals surface area contributed by atoms with Gasteiger partial charge >= 0.3 is 6.18 Å². The molecule has 0 saturated carbocycles. The summed E-state index contributed by atoms with van der Waals surface area (Å²) in [4.78, 5) is 17.5. The van der Waals surface area contributed by atoms with Crippen LogP contribution in [0.25, 0.3) is 0 Å². The molecule has 0 aliphatic carbocycles.